The van der Waals surface area contributed by atoms with Crippen LogP contribution >= 0.6 is 11.6 Å². The average Bonchev–Trinajstić information content (AvgIpc) is 2.34. The van der Waals surface area contributed by atoms with E-state index in [0.717, 1.165) is 27.8 Å². The van der Waals surface area contributed by atoms with Crippen LogP contribution < -0.4 is 10.5 Å². The van der Waals surface area contributed by atoms with E-state index in [2.05, 4.69) is 4.98 Å². The molecule has 0 amide bonds. The van der Waals surface area contributed by atoms with Gasteiger partial charge in [0.05, 0.1) is 5.69 Å². The first-order valence-electron chi connectivity index (χ1n) is 5.28. The van der Waals surface area contributed by atoms with Gasteiger partial charge in [0, 0.05) is 23.8 Å². The molecule has 0 aliphatic heterocycles. The molecule has 0 saturated carbocycles. The number of nitrogens with two attached hydrogens (primary N) is 1. The van der Waals surface area contributed by atoms with E-state index < -0.39 is 0 Å². The second-order valence-electron chi connectivity index (χ2n) is 3.70. The fourth-order valence-electron chi connectivity index (χ4n) is 1.45. The van der Waals surface area contributed by atoms with Crippen molar-refractivity contribution in [3.05, 3.63) is 52.8 Å². The molecule has 0 saturated heterocycles. The Morgan fingerprint density at radius 1 is 1.24 bits per heavy atom. The van der Waals surface area contributed by atoms with Crippen LogP contribution in [-0.4, -0.2) is 4.98 Å². The number of nitrogens with zero attached hydrogens (tertiary/aromatic N) is 1. The molecule has 0 unspecified atom stereocenters. The van der Waals surface area contributed by atoms with Crippen LogP contribution in [0.15, 0.2) is 36.5 Å². The number of benzene rings is 1. The van der Waals surface area contributed by atoms with Crippen molar-refractivity contribution in [2.24, 2.45) is 5.73 Å². The van der Waals surface area contributed by atoms with Crippen LogP contribution in [0.1, 0.15) is 11.3 Å². The van der Waals surface area contributed by atoms with Crippen molar-refractivity contribution in [2.75, 3.05) is 0 Å². The monoisotopic (exact) mass is 248 g/mol. The zero-order chi connectivity index (χ0) is 12.3. The van der Waals surface area contributed by atoms with Crippen molar-refractivity contribution >= 4 is 11.6 Å². The fourth-order valence-corrected chi connectivity index (χ4v) is 1.57. The fraction of sp³-hybridized carbons (Fsp3) is 0.154. The third kappa shape index (κ3) is 2.96. The van der Waals surface area contributed by atoms with Gasteiger partial charge in [-0.1, -0.05) is 11.6 Å². The number of hydrogen-bond acceptors (Lipinski definition) is 3. The minimum Gasteiger partial charge on any atom is -0.457 e. The number of rotatable bonds is 3. The first-order valence-corrected chi connectivity index (χ1v) is 5.66. The second kappa shape index (κ2) is 5.17. The van der Waals surface area contributed by atoms with Crippen LogP contribution in [0.5, 0.6) is 11.5 Å². The van der Waals surface area contributed by atoms with Crippen molar-refractivity contribution < 1.29 is 4.74 Å². The molecule has 0 aliphatic rings. The highest BCUT2D eigenvalue weighted by atomic mass is 35.5. The zero-order valence-electron chi connectivity index (χ0n) is 9.48. The van der Waals surface area contributed by atoms with Gasteiger partial charge in [-0.2, -0.15) is 0 Å². The summed E-state index contributed by atoms with van der Waals surface area (Å²) in [7, 11) is 0. The summed E-state index contributed by atoms with van der Waals surface area (Å²) in [5.41, 5.74) is 7.30. The lowest BCUT2D eigenvalue weighted by atomic mass is 10.2. The van der Waals surface area contributed by atoms with Crippen LogP contribution in [0.3, 0.4) is 0 Å². The molecule has 1 heterocycles. The first-order chi connectivity index (χ1) is 8.19. The Morgan fingerprint density at radius 2 is 2.00 bits per heavy atom. The van der Waals surface area contributed by atoms with Crippen LogP contribution in [0, 0.1) is 6.92 Å². The predicted molar refractivity (Wildman–Crippen MR) is 68.4 cm³/mol. The third-order valence-corrected chi connectivity index (χ3v) is 2.79. The van der Waals surface area contributed by atoms with Crippen molar-refractivity contribution in [3.8, 4) is 11.5 Å². The van der Waals surface area contributed by atoms with Crippen LogP contribution in [0.2, 0.25) is 5.02 Å². The highest BCUT2D eigenvalue weighted by Gasteiger charge is 2.01. The molecule has 0 fully saturated rings. The van der Waals surface area contributed by atoms with E-state index in [4.69, 9.17) is 22.1 Å². The number of hydrogen-bond donors (Lipinski definition) is 1. The molecule has 17 heavy (non-hydrogen) atoms. The summed E-state index contributed by atoms with van der Waals surface area (Å²) in [5, 5.41) is 0.731. The second-order valence-corrected chi connectivity index (χ2v) is 4.11. The topological polar surface area (TPSA) is 48.1 Å². The summed E-state index contributed by atoms with van der Waals surface area (Å²) in [6, 6.07) is 9.16. The molecule has 0 spiro atoms. The maximum atomic E-state index is 5.95. The number of pyridine rings is 1. The lowest BCUT2D eigenvalue weighted by Gasteiger charge is -2.07. The maximum Gasteiger partial charge on any atom is 0.130 e. The highest BCUT2D eigenvalue weighted by Crippen LogP contribution is 2.25. The molecule has 4 heteroatoms. The van der Waals surface area contributed by atoms with Gasteiger partial charge in [0.15, 0.2) is 0 Å². The Hall–Kier alpha value is -1.58. The van der Waals surface area contributed by atoms with E-state index in [9.17, 15) is 0 Å². The van der Waals surface area contributed by atoms with Gasteiger partial charge in [-0.25, -0.2) is 0 Å². The molecule has 1 aromatic carbocycles. The normalized spacial score (nSPS) is 10.3. The zero-order valence-corrected chi connectivity index (χ0v) is 10.2. The van der Waals surface area contributed by atoms with Gasteiger partial charge in [0.1, 0.15) is 11.5 Å². The molecule has 0 atom stereocenters. The van der Waals surface area contributed by atoms with Crippen molar-refractivity contribution in [2.45, 2.75) is 13.5 Å². The molecule has 3 nitrogen and oxygen atoms in total. The standard InChI is InChI=1S/C13H13ClN2O/c1-9-6-11(2-3-13(9)14)17-12-4-5-16-10(7-12)8-15/h2-7H,8,15H2,1H3. The minimum absolute atomic E-state index is 0.400. The van der Waals surface area contributed by atoms with Gasteiger partial charge >= 0.3 is 0 Å². The maximum absolute atomic E-state index is 5.95. The van der Waals surface area contributed by atoms with Crippen molar-refractivity contribution in [1.29, 1.82) is 0 Å². The molecule has 1 aromatic heterocycles. The molecule has 2 N–H and O–H groups in total. The first kappa shape index (κ1) is 11.9. The third-order valence-electron chi connectivity index (χ3n) is 2.36. The summed E-state index contributed by atoms with van der Waals surface area (Å²) >= 11 is 5.95. The number of halogens is 1. The van der Waals surface area contributed by atoms with E-state index in [1.165, 1.54) is 0 Å². The van der Waals surface area contributed by atoms with Crippen LogP contribution in [-0.2, 0) is 6.54 Å². The summed E-state index contributed by atoms with van der Waals surface area (Å²) in [6.45, 7) is 2.34. The number of ether oxygens (including phenoxy) is 1. The Balaban J connectivity index is 2.22. The largest absolute Gasteiger partial charge is 0.457 e. The van der Waals surface area contributed by atoms with E-state index in [0.29, 0.717) is 6.54 Å². The van der Waals surface area contributed by atoms with E-state index in [-0.39, 0.29) is 0 Å². The molecular formula is C13H13ClN2O. The van der Waals surface area contributed by atoms with E-state index in [1.54, 1.807) is 12.3 Å². The average molecular weight is 249 g/mol. The quantitative estimate of drug-likeness (QED) is 0.907. The van der Waals surface area contributed by atoms with Crippen molar-refractivity contribution in [3.63, 3.8) is 0 Å². The molecule has 0 radical (unpaired) electrons. The Bertz CT molecular complexity index is 529. The van der Waals surface area contributed by atoms with Gasteiger partial charge in [0.25, 0.3) is 0 Å². The molecular weight excluding hydrogens is 236 g/mol. The highest BCUT2D eigenvalue weighted by molar-refractivity contribution is 6.31. The lowest BCUT2D eigenvalue weighted by Crippen LogP contribution is -1.99. The molecule has 2 aromatic rings. The molecule has 2 rings (SSSR count). The van der Waals surface area contributed by atoms with E-state index in [1.807, 2.05) is 31.2 Å². The summed E-state index contributed by atoms with van der Waals surface area (Å²) in [6.07, 6.45) is 1.68. The molecule has 88 valence electrons. The SMILES string of the molecule is Cc1cc(Oc2ccnc(CN)c2)ccc1Cl. The Labute approximate surface area is 105 Å². The smallest absolute Gasteiger partial charge is 0.130 e. The van der Waals surface area contributed by atoms with Gasteiger partial charge in [-0.3, -0.25) is 4.98 Å². The van der Waals surface area contributed by atoms with Gasteiger partial charge in [-0.05, 0) is 36.8 Å². The van der Waals surface area contributed by atoms with Gasteiger partial charge < -0.3 is 10.5 Å². The van der Waals surface area contributed by atoms with Crippen molar-refractivity contribution in [1.82, 2.24) is 4.98 Å². The minimum atomic E-state index is 0.400. The number of aromatic nitrogens is 1. The molecule has 0 bridgehead atoms. The Morgan fingerprint density at radius 3 is 2.71 bits per heavy atom. The Kier molecular flexibility index (Phi) is 3.61. The summed E-state index contributed by atoms with van der Waals surface area (Å²) in [5.74, 6) is 1.48. The number of aryl methyl sites for hydroxylation is 1. The van der Waals surface area contributed by atoms with E-state index >= 15 is 0 Å². The predicted octanol–water partition coefficient (Wildman–Crippen LogP) is 3.29. The summed E-state index contributed by atoms with van der Waals surface area (Å²) < 4.78 is 5.70. The molecule has 0 aliphatic carbocycles. The van der Waals surface area contributed by atoms with Crippen LogP contribution in [0.4, 0.5) is 0 Å². The van der Waals surface area contributed by atoms with Gasteiger partial charge in [0.2, 0.25) is 0 Å². The van der Waals surface area contributed by atoms with Crippen LogP contribution in [0.25, 0.3) is 0 Å². The summed E-state index contributed by atoms with van der Waals surface area (Å²) in [4.78, 5) is 4.11. The lowest BCUT2D eigenvalue weighted by molar-refractivity contribution is 0.480. The van der Waals surface area contributed by atoms with Gasteiger partial charge in [-0.15, -0.1) is 0 Å².